The van der Waals surface area contributed by atoms with Gasteiger partial charge in [-0.3, -0.25) is 9.59 Å². The number of allylic oxidation sites excluding steroid dienone is 1. The number of hydrogen-bond acceptors (Lipinski definition) is 6. The van der Waals surface area contributed by atoms with Gasteiger partial charge in [-0.05, 0) is 17.5 Å². The van der Waals surface area contributed by atoms with E-state index in [0.717, 1.165) is 0 Å². The average Bonchev–Trinajstić information content (AvgIpc) is 2.42. The molecule has 0 spiro atoms. The van der Waals surface area contributed by atoms with Crippen LogP contribution in [0.4, 0.5) is 0 Å². The predicted molar refractivity (Wildman–Crippen MR) is 68.8 cm³/mol. The molecule has 100 valence electrons. The van der Waals surface area contributed by atoms with Crippen molar-refractivity contribution in [3.8, 4) is 11.5 Å². The maximum absolute atomic E-state index is 11.9. The number of fused-ring (bicyclic) bond motifs is 2. The maximum Gasteiger partial charge on any atom is 0.271 e. The number of carbonyl (C=O) groups excluding carboxylic acids is 2. The summed E-state index contributed by atoms with van der Waals surface area (Å²) in [5.74, 6) is -5.14. The van der Waals surface area contributed by atoms with Gasteiger partial charge in [0.05, 0.1) is 10.9 Å². The lowest BCUT2D eigenvalue weighted by atomic mass is 9.88. The van der Waals surface area contributed by atoms with Gasteiger partial charge < -0.3 is 20.4 Å². The summed E-state index contributed by atoms with van der Waals surface area (Å²) in [6.07, 6.45) is 0. The van der Waals surface area contributed by atoms with Crippen LogP contribution in [0.15, 0.2) is 30.0 Å². The van der Waals surface area contributed by atoms with E-state index in [1.165, 1.54) is 18.2 Å². The number of phenolic OH excluding ortho intramolecular Hbond substituents is 2. The van der Waals surface area contributed by atoms with Crippen molar-refractivity contribution in [1.29, 1.82) is 0 Å². The van der Waals surface area contributed by atoms with Crippen molar-refractivity contribution in [3.63, 3.8) is 0 Å². The average molecular weight is 272 g/mol. The van der Waals surface area contributed by atoms with Crippen molar-refractivity contribution in [2.45, 2.75) is 0 Å². The molecule has 2 aromatic rings. The number of benzene rings is 2. The lowest BCUT2D eigenvalue weighted by molar-refractivity contribution is -0.114. The first-order valence-corrected chi connectivity index (χ1v) is 5.62. The number of hydrogen-bond donors (Lipinski definition) is 4. The van der Waals surface area contributed by atoms with Gasteiger partial charge in [0, 0.05) is 5.56 Å². The molecular weight excluding hydrogens is 264 g/mol. The van der Waals surface area contributed by atoms with Gasteiger partial charge in [0.1, 0.15) is 11.5 Å². The third-order valence-electron chi connectivity index (χ3n) is 3.25. The molecule has 0 bridgehead atoms. The Morgan fingerprint density at radius 2 is 1.55 bits per heavy atom. The van der Waals surface area contributed by atoms with E-state index in [0.29, 0.717) is 5.39 Å². The van der Waals surface area contributed by atoms with Gasteiger partial charge in [-0.2, -0.15) is 0 Å². The quantitative estimate of drug-likeness (QED) is 0.543. The normalized spacial score (nSPS) is 14.8. The highest BCUT2D eigenvalue weighted by atomic mass is 16.3. The molecule has 4 N–H and O–H groups in total. The van der Waals surface area contributed by atoms with Crippen LogP contribution in [0, 0.1) is 0 Å². The van der Waals surface area contributed by atoms with Crippen molar-refractivity contribution >= 4 is 28.1 Å². The molecule has 1 aliphatic rings. The topological polar surface area (TPSA) is 115 Å². The van der Waals surface area contributed by atoms with Gasteiger partial charge in [-0.25, -0.2) is 0 Å². The zero-order valence-corrected chi connectivity index (χ0v) is 9.91. The summed E-state index contributed by atoms with van der Waals surface area (Å²) in [6, 6.07) is 5.68. The Morgan fingerprint density at radius 3 is 2.25 bits per heavy atom. The first-order valence-electron chi connectivity index (χ1n) is 5.62. The summed E-state index contributed by atoms with van der Waals surface area (Å²) < 4.78 is 0. The van der Waals surface area contributed by atoms with E-state index in [4.69, 9.17) is 0 Å². The highest BCUT2D eigenvalue weighted by Gasteiger charge is 2.36. The molecule has 2 aromatic carbocycles. The van der Waals surface area contributed by atoms with E-state index in [2.05, 4.69) is 0 Å². The van der Waals surface area contributed by atoms with Crippen LogP contribution in [0.3, 0.4) is 0 Å². The Hall–Kier alpha value is -3.02. The van der Waals surface area contributed by atoms with Crippen LogP contribution >= 0.6 is 0 Å². The van der Waals surface area contributed by atoms with E-state index in [-0.39, 0.29) is 16.7 Å². The summed E-state index contributed by atoms with van der Waals surface area (Å²) in [5.41, 5.74) is -0.581. The first kappa shape index (κ1) is 12.0. The monoisotopic (exact) mass is 272 g/mol. The summed E-state index contributed by atoms with van der Waals surface area (Å²) in [6.45, 7) is 0. The molecule has 0 radical (unpaired) electrons. The SMILES string of the molecule is O=C1C(=O)c2c(cc3cccc(O)c3c2O)C(O)=C1O. The number of carbonyl (C=O) groups is 2. The molecule has 0 saturated carbocycles. The van der Waals surface area contributed by atoms with Crippen molar-refractivity contribution in [3.05, 3.63) is 41.2 Å². The number of aliphatic hydroxyl groups is 2. The Balaban J connectivity index is 2.53. The van der Waals surface area contributed by atoms with Gasteiger partial charge in [0.2, 0.25) is 11.5 Å². The van der Waals surface area contributed by atoms with Crippen molar-refractivity contribution in [2.24, 2.45) is 0 Å². The third kappa shape index (κ3) is 1.33. The molecule has 6 nitrogen and oxygen atoms in total. The molecule has 0 aromatic heterocycles. The van der Waals surface area contributed by atoms with E-state index in [1.54, 1.807) is 6.07 Å². The smallest absolute Gasteiger partial charge is 0.271 e. The Bertz CT molecular complexity index is 831. The minimum atomic E-state index is -1.31. The lowest BCUT2D eigenvalue weighted by Gasteiger charge is -2.17. The van der Waals surface area contributed by atoms with Crippen molar-refractivity contribution in [1.82, 2.24) is 0 Å². The van der Waals surface area contributed by atoms with E-state index in [1.807, 2.05) is 0 Å². The minimum Gasteiger partial charge on any atom is -0.507 e. The van der Waals surface area contributed by atoms with Gasteiger partial charge in [0.15, 0.2) is 5.76 Å². The van der Waals surface area contributed by atoms with Crippen LogP contribution in [-0.2, 0) is 4.79 Å². The Kier molecular flexibility index (Phi) is 2.25. The zero-order valence-electron chi connectivity index (χ0n) is 9.91. The fraction of sp³-hybridized carbons (Fsp3) is 0. The number of Topliss-reactive ketones (excluding diaryl/α,β-unsaturated/α-hetero) is 2. The number of aliphatic hydroxyl groups excluding tert-OH is 2. The van der Waals surface area contributed by atoms with Gasteiger partial charge in [0.25, 0.3) is 5.78 Å². The molecule has 0 fully saturated rings. The Morgan fingerprint density at radius 1 is 0.850 bits per heavy atom. The van der Waals surface area contributed by atoms with Crippen LogP contribution in [0.2, 0.25) is 0 Å². The molecule has 3 rings (SSSR count). The van der Waals surface area contributed by atoms with Crippen LogP contribution in [-0.4, -0.2) is 32.0 Å². The second kappa shape index (κ2) is 3.74. The van der Waals surface area contributed by atoms with Crippen LogP contribution in [0.1, 0.15) is 15.9 Å². The number of rotatable bonds is 0. The lowest BCUT2D eigenvalue weighted by Crippen LogP contribution is -2.24. The van der Waals surface area contributed by atoms with Crippen LogP contribution in [0.25, 0.3) is 16.5 Å². The largest absolute Gasteiger partial charge is 0.507 e. The van der Waals surface area contributed by atoms with Crippen LogP contribution < -0.4 is 0 Å². The van der Waals surface area contributed by atoms with Gasteiger partial charge in [-0.1, -0.05) is 12.1 Å². The molecule has 0 amide bonds. The summed E-state index contributed by atoms with van der Waals surface area (Å²) in [4.78, 5) is 23.3. The van der Waals surface area contributed by atoms with E-state index in [9.17, 15) is 30.0 Å². The molecule has 0 heterocycles. The highest BCUT2D eigenvalue weighted by Crippen LogP contribution is 2.41. The van der Waals surface area contributed by atoms with E-state index < -0.39 is 34.4 Å². The molecular formula is C14H8O6. The minimum absolute atomic E-state index is 0.00147. The van der Waals surface area contributed by atoms with Gasteiger partial charge in [-0.15, -0.1) is 0 Å². The fourth-order valence-electron chi connectivity index (χ4n) is 2.29. The van der Waals surface area contributed by atoms with Gasteiger partial charge >= 0.3 is 0 Å². The van der Waals surface area contributed by atoms with E-state index >= 15 is 0 Å². The summed E-state index contributed by atoms with van der Waals surface area (Å²) >= 11 is 0. The third-order valence-corrected chi connectivity index (χ3v) is 3.25. The molecule has 1 aliphatic carbocycles. The second-order valence-electron chi connectivity index (χ2n) is 4.38. The van der Waals surface area contributed by atoms with Crippen LogP contribution in [0.5, 0.6) is 11.5 Å². The standard InChI is InChI=1S/C14H8O6/c15-7-3-1-2-5-4-6-9(11(17)8(5)7)12(18)14(20)13(19)10(6)16/h1-4,15-17,19H. The fourth-order valence-corrected chi connectivity index (χ4v) is 2.29. The molecule has 0 saturated heterocycles. The Labute approximate surface area is 111 Å². The zero-order chi connectivity index (χ0) is 14.6. The number of ketones is 2. The second-order valence-corrected chi connectivity index (χ2v) is 4.38. The molecule has 0 atom stereocenters. The molecule has 20 heavy (non-hydrogen) atoms. The summed E-state index contributed by atoms with van der Waals surface area (Å²) in [7, 11) is 0. The molecule has 0 unspecified atom stereocenters. The molecule has 6 heteroatoms. The maximum atomic E-state index is 11.9. The predicted octanol–water partition coefficient (Wildman–Crippen LogP) is 1.80. The first-order chi connectivity index (χ1) is 9.43. The summed E-state index contributed by atoms with van der Waals surface area (Å²) in [5, 5.41) is 39.4. The highest BCUT2D eigenvalue weighted by molar-refractivity contribution is 6.52. The number of phenols is 2. The van der Waals surface area contributed by atoms with Crippen molar-refractivity contribution < 1.29 is 30.0 Å². The molecule has 0 aliphatic heterocycles. The number of aromatic hydroxyl groups is 2. The van der Waals surface area contributed by atoms with Crippen molar-refractivity contribution in [2.75, 3.05) is 0 Å².